The third-order valence-corrected chi connectivity index (χ3v) is 4.62. The lowest BCUT2D eigenvalue weighted by Gasteiger charge is -2.25. The first-order valence-electron chi connectivity index (χ1n) is 9.05. The number of nitro benzene ring substituents is 1. The predicted molar refractivity (Wildman–Crippen MR) is 113 cm³/mol. The molecule has 3 aromatic carbocycles. The first-order valence-corrected chi connectivity index (χ1v) is 9.05. The summed E-state index contributed by atoms with van der Waals surface area (Å²) in [5.41, 5.74) is 7.87. The molecule has 0 saturated heterocycles. The molecule has 8 nitrogen and oxygen atoms in total. The summed E-state index contributed by atoms with van der Waals surface area (Å²) in [6.45, 7) is 0. The van der Waals surface area contributed by atoms with Gasteiger partial charge in [-0.2, -0.15) is 0 Å². The van der Waals surface area contributed by atoms with Crippen LogP contribution in [0.4, 0.5) is 21.9 Å². The maximum Gasteiger partial charge on any atom is 0.345 e. The van der Waals surface area contributed by atoms with Gasteiger partial charge in [-0.05, 0) is 35.4 Å². The quantitative estimate of drug-likeness (QED) is 0.495. The molecule has 0 saturated carbocycles. The second kappa shape index (κ2) is 7.88. The standard InChI is InChI=1S/C22H16N4O4/c27-21(17-11-13-18(14-12-17)26(29)30)23-24-22(28)25-19-7-3-1-5-15(19)9-10-16-6-2-4-8-20(16)25/h1-14H,(H,23,27)(H,24,28). The third-order valence-electron chi connectivity index (χ3n) is 4.62. The average Bonchev–Trinajstić information content (AvgIpc) is 2.94. The summed E-state index contributed by atoms with van der Waals surface area (Å²) in [6.07, 6.45) is 3.85. The molecule has 0 fully saturated rings. The number of para-hydroxylation sites is 2. The van der Waals surface area contributed by atoms with Crippen LogP contribution in [0.25, 0.3) is 12.2 Å². The molecule has 30 heavy (non-hydrogen) atoms. The second-order valence-corrected chi connectivity index (χ2v) is 6.47. The van der Waals surface area contributed by atoms with Gasteiger partial charge in [0.1, 0.15) is 0 Å². The Hall–Kier alpha value is -4.46. The first-order chi connectivity index (χ1) is 14.5. The number of amides is 3. The van der Waals surface area contributed by atoms with E-state index in [9.17, 15) is 19.7 Å². The zero-order valence-electron chi connectivity index (χ0n) is 15.6. The van der Waals surface area contributed by atoms with E-state index in [2.05, 4.69) is 10.9 Å². The Morgan fingerprint density at radius 1 is 0.767 bits per heavy atom. The number of carbonyl (C=O) groups excluding carboxylic acids is 2. The number of rotatable bonds is 2. The molecule has 0 atom stereocenters. The number of hydrogen-bond acceptors (Lipinski definition) is 4. The van der Waals surface area contributed by atoms with Crippen molar-refractivity contribution in [3.63, 3.8) is 0 Å². The van der Waals surface area contributed by atoms with Crippen molar-refractivity contribution in [3.8, 4) is 0 Å². The normalized spacial score (nSPS) is 11.7. The van der Waals surface area contributed by atoms with Crippen molar-refractivity contribution in [2.24, 2.45) is 0 Å². The van der Waals surface area contributed by atoms with Gasteiger partial charge in [-0.25, -0.2) is 10.2 Å². The number of non-ortho nitro benzene ring substituents is 1. The van der Waals surface area contributed by atoms with E-state index < -0.39 is 16.9 Å². The fourth-order valence-electron chi connectivity index (χ4n) is 3.17. The van der Waals surface area contributed by atoms with Crippen molar-refractivity contribution < 1.29 is 14.5 Å². The summed E-state index contributed by atoms with van der Waals surface area (Å²) < 4.78 is 0. The third kappa shape index (κ3) is 3.61. The molecule has 0 aliphatic carbocycles. The van der Waals surface area contributed by atoms with E-state index in [1.165, 1.54) is 29.2 Å². The van der Waals surface area contributed by atoms with Crippen molar-refractivity contribution in [2.45, 2.75) is 0 Å². The molecule has 0 unspecified atom stereocenters. The Labute approximate surface area is 171 Å². The molecule has 1 aliphatic rings. The Balaban J connectivity index is 1.57. The van der Waals surface area contributed by atoms with Crippen LogP contribution in [-0.2, 0) is 0 Å². The highest BCUT2D eigenvalue weighted by Crippen LogP contribution is 2.36. The topological polar surface area (TPSA) is 105 Å². The lowest BCUT2D eigenvalue weighted by molar-refractivity contribution is -0.384. The Morgan fingerprint density at radius 2 is 1.30 bits per heavy atom. The van der Waals surface area contributed by atoms with Crippen molar-refractivity contribution in [1.29, 1.82) is 0 Å². The molecule has 148 valence electrons. The van der Waals surface area contributed by atoms with Crippen LogP contribution in [-0.4, -0.2) is 16.9 Å². The first kappa shape index (κ1) is 18.9. The Morgan fingerprint density at radius 3 is 1.83 bits per heavy atom. The number of anilines is 2. The molecule has 0 spiro atoms. The zero-order valence-corrected chi connectivity index (χ0v) is 15.6. The van der Waals surface area contributed by atoms with Crippen molar-refractivity contribution in [2.75, 3.05) is 4.90 Å². The minimum Gasteiger partial charge on any atom is -0.267 e. The van der Waals surface area contributed by atoms with Crippen LogP contribution < -0.4 is 15.8 Å². The highest BCUT2D eigenvalue weighted by atomic mass is 16.6. The van der Waals surface area contributed by atoms with E-state index in [1.807, 2.05) is 60.7 Å². The van der Waals surface area contributed by atoms with Gasteiger partial charge in [0.15, 0.2) is 0 Å². The lowest BCUT2D eigenvalue weighted by atomic mass is 10.1. The molecule has 0 aromatic heterocycles. The molecular formula is C22H16N4O4. The summed E-state index contributed by atoms with van der Waals surface area (Å²) in [4.78, 5) is 37.1. The second-order valence-electron chi connectivity index (χ2n) is 6.47. The molecule has 3 aromatic rings. The SMILES string of the molecule is O=C(NNC(=O)N1c2ccccc2C=Cc2ccccc21)c1ccc([N+](=O)[O-])cc1. The summed E-state index contributed by atoms with van der Waals surface area (Å²) in [5.74, 6) is -0.590. The van der Waals surface area contributed by atoms with Gasteiger partial charge in [-0.1, -0.05) is 48.6 Å². The monoisotopic (exact) mass is 400 g/mol. The minimum absolute atomic E-state index is 0.124. The van der Waals surface area contributed by atoms with Crippen molar-refractivity contribution in [1.82, 2.24) is 10.9 Å². The molecule has 0 radical (unpaired) electrons. The molecular weight excluding hydrogens is 384 g/mol. The average molecular weight is 400 g/mol. The molecule has 1 heterocycles. The number of hydrazine groups is 1. The number of hydrogen-bond donors (Lipinski definition) is 2. The highest BCUT2D eigenvalue weighted by Gasteiger charge is 2.24. The summed E-state index contributed by atoms with van der Waals surface area (Å²) in [7, 11) is 0. The number of nitrogens with zero attached hydrogens (tertiary/aromatic N) is 2. The molecule has 0 bridgehead atoms. The van der Waals surface area contributed by atoms with E-state index in [0.29, 0.717) is 11.4 Å². The van der Waals surface area contributed by atoms with Crippen molar-refractivity contribution >= 4 is 41.2 Å². The van der Waals surface area contributed by atoms with Gasteiger partial charge in [0.25, 0.3) is 11.6 Å². The van der Waals surface area contributed by atoms with Crippen LogP contribution in [0.3, 0.4) is 0 Å². The molecule has 4 rings (SSSR count). The van der Waals surface area contributed by atoms with Gasteiger partial charge < -0.3 is 0 Å². The van der Waals surface area contributed by atoms with Crippen LogP contribution in [0.2, 0.25) is 0 Å². The van der Waals surface area contributed by atoms with Crippen LogP contribution in [0.5, 0.6) is 0 Å². The van der Waals surface area contributed by atoms with E-state index in [-0.39, 0.29) is 11.3 Å². The number of fused-ring (bicyclic) bond motifs is 2. The highest BCUT2D eigenvalue weighted by molar-refractivity contribution is 6.06. The Kier molecular flexibility index (Phi) is 4.96. The van der Waals surface area contributed by atoms with E-state index >= 15 is 0 Å². The number of nitrogens with one attached hydrogen (secondary N) is 2. The smallest absolute Gasteiger partial charge is 0.267 e. The predicted octanol–water partition coefficient (Wildman–Crippen LogP) is 4.27. The van der Waals surface area contributed by atoms with Gasteiger partial charge in [0.05, 0.1) is 16.3 Å². The molecule has 8 heteroatoms. The van der Waals surface area contributed by atoms with Crippen LogP contribution >= 0.6 is 0 Å². The van der Waals surface area contributed by atoms with Crippen LogP contribution in [0, 0.1) is 10.1 Å². The zero-order chi connectivity index (χ0) is 21.1. The van der Waals surface area contributed by atoms with Gasteiger partial charge in [-0.3, -0.25) is 25.2 Å². The summed E-state index contributed by atoms with van der Waals surface area (Å²) in [5, 5.41) is 10.7. The van der Waals surface area contributed by atoms with Gasteiger partial charge in [0.2, 0.25) is 0 Å². The Bertz CT molecular complexity index is 1120. The number of urea groups is 1. The van der Waals surface area contributed by atoms with E-state index in [0.717, 1.165) is 11.1 Å². The minimum atomic E-state index is -0.590. The molecule has 2 N–H and O–H groups in total. The van der Waals surface area contributed by atoms with Gasteiger partial charge in [-0.15, -0.1) is 0 Å². The van der Waals surface area contributed by atoms with Crippen LogP contribution in [0.15, 0.2) is 72.8 Å². The molecule has 3 amide bonds. The largest absolute Gasteiger partial charge is 0.345 e. The van der Waals surface area contributed by atoms with Gasteiger partial charge in [0, 0.05) is 17.7 Å². The van der Waals surface area contributed by atoms with Crippen molar-refractivity contribution in [3.05, 3.63) is 99.6 Å². The summed E-state index contributed by atoms with van der Waals surface area (Å²) in [6, 6.07) is 19.4. The number of nitro groups is 1. The maximum absolute atomic E-state index is 13.0. The number of carbonyl (C=O) groups is 2. The fourth-order valence-corrected chi connectivity index (χ4v) is 3.17. The maximum atomic E-state index is 13.0. The van der Waals surface area contributed by atoms with E-state index in [1.54, 1.807) is 0 Å². The van der Waals surface area contributed by atoms with E-state index in [4.69, 9.17) is 0 Å². The summed E-state index contributed by atoms with van der Waals surface area (Å²) >= 11 is 0. The number of benzene rings is 3. The fraction of sp³-hybridized carbons (Fsp3) is 0. The van der Waals surface area contributed by atoms with Gasteiger partial charge >= 0.3 is 6.03 Å². The van der Waals surface area contributed by atoms with Crippen LogP contribution in [0.1, 0.15) is 21.5 Å². The lowest BCUT2D eigenvalue weighted by Crippen LogP contribution is -2.47. The molecule has 1 aliphatic heterocycles.